The normalized spacial score (nSPS) is 10.8. The Morgan fingerprint density at radius 2 is 2.11 bits per heavy atom. The zero-order chi connectivity index (χ0) is 13.4. The molecule has 2 aromatic heterocycles. The Morgan fingerprint density at radius 1 is 1.26 bits per heavy atom. The number of carboxylic acids is 1. The van der Waals surface area contributed by atoms with Gasteiger partial charge in [0.2, 0.25) is 0 Å². The quantitative estimate of drug-likeness (QED) is 0.739. The molecule has 0 bridgehead atoms. The van der Waals surface area contributed by atoms with E-state index in [1.165, 1.54) is 0 Å². The Morgan fingerprint density at radius 3 is 2.89 bits per heavy atom. The molecule has 0 radical (unpaired) electrons. The van der Waals surface area contributed by atoms with Gasteiger partial charge in [-0.05, 0) is 24.3 Å². The van der Waals surface area contributed by atoms with Crippen LogP contribution in [0.15, 0.2) is 36.5 Å². The third-order valence-electron chi connectivity index (χ3n) is 2.78. The number of benzene rings is 1. The van der Waals surface area contributed by atoms with Gasteiger partial charge in [0.05, 0.1) is 11.7 Å². The Hall–Kier alpha value is -2.76. The van der Waals surface area contributed by atoms with Crippen LogP contribution in [-0.4, -0.2) is 26.3 Å². The van der Waals surface area contributed by atoms with Crippen molar-refractivity contribution in [2.45, 2.75) is 0 Å². The van der Waals surface area contributed by atoms with Crippen molar-refractivity contribution in [1.82, 2.24) is 15.2 Å². The van der Waals surface area contributed by atoms with Crippen LogP contribution in [0.3, 0.4) is 0 Å². The molecule has 0 unspecified atom stereocenters. The Labute approximate surface area is 106 Å². The van der Waals surface area contributed by atoms with Gasteiger partial charge in [-0.1, -0.05) is 6.07 Å². The number of H-pyrrole nitrogens is 1. The molecule has 19 heavy (non-hydrogen) atoms. The molecule has 2 N–H and O–H groups in total. The van der Waals surface area contributed by atoms with Gasteiger partial charge in [-0.2, -0.15) is 5.10 Å². The van der Waals surface area contributed by atoms with E-state index < -0.39 is 11.8 Å². The van der Waals surface area contributed by atoms with Gasteiger partial charge in [-0.15, -0.1) is 0 Å². The number of fused-ring (bicyclic) bond motifs is 1. The minimum Gasteiger partial charge on any atom is -0.477 e. The number of hydrogen-bond donors (Lipinski definition) is 2. The molecular weight excluding hydrogens is 249 g/mol. The molecule has 2 heterocycles. The number of carboxylic acid groups (broad SMARTS) is 1. The smallest absolute Gasteiger partial charge is 0.354 e. The summed E-state index contributed by atoms with van der Waals surface area (Å²) in [6, 6.07) is 7.35. The average molecular weight is 257 g/mol. The van der Waals surface area contributed by atoms with Crippen molar-refractivity contribution in [2.24, 2.45) is 0 Å². The van der Waals surface area contributed by atoms with Crippen molar-refractivity contribution in [3.8, 4) is 11.3 Å². The minimum atomic E-state index is -1.19. The van der Waals surface area contributed by atoms with E-state index in [-0.39, 0.29) is 11.4 Å². The molecular formula is C13H8FN3O2. The lowest BCUT2D eigenvalue weighted by atomic mass is 10.1. The van der Waals surface area contributed by atoms with E-state index >= 15 is 0 Å². The topological polar surface area (TPSA) is 78.9 Å². The summed E-state index contributed by atoms with van der Waals surface area (Å²) in [7, 11) is 0. The summed E-state index contributed by atoms with van der Waals surface area (Å²) in [6.07, 6.45) is 1.61. The third kappa shape index (κ3) is 1.93. The lowest BCUT2D eigenvalue weighted by molar-refractivity contribution is 0.0690. The second kappa shape index (κ2) is 4.16. The fourth-order valence-electron chi connectivity index (χ4n) is 1.85. The number of hydrogen-bond acceptors (Lipinski definition) is 3. The second-order valence-electron chi connectivity index (χ2n) is 4.00. The van der Waals surface area contributed by atoms with Crippen molar-refractivity contribution >= 4 is 16.9 Å². The van der Waals surface area contributed by atoms with Crippen LogP contribution in [0, 0.1) is 5.82 Å². The Balaban J connectivity index is 2.19. The van der Waals surface area contributed by atoms with Gasteiger partial charge in [0.25, 0.3) is 0 Å². The van der Waals surface area contributed by atoms with Crippen LogP contribution < -0.4 is 0 Å². The van der Waals surface area contributed by atoms with Gasteiger partial charge in [0, 0.05) is 10.9 Å². The summed E-state index contributed by atoms with van der Waals surface area (Å²) in [6.45, 7) is 0. The standard InChI is InChI=1S/C13H8FN3O2/c14-9-2-4-11(13(18)19)16-12(9)7-1-3-10-8(5-7)6-15-17-10/h1-6H,(H,15,17)(H,18,19). The molecule has 0 aliphatic carbocycles. The van der Waals surface area contributed by atoms with Gasteiger partial charge in [-0.25, -0.2) is 14.2 Å². The molecule has 0 saturated carbocycles. The van der Waals surface area contributed by atoms with Gasteiger partial charge < -0.3 is 5.11 Å². The van der Waals surface area contributed by atoms with Crippen LogP contribution >= 0.6 is 0 Å². The van der Waals surface area contributed by atoms with Crippen LogP contribution in [0.25, 0.3) is 22.2 Å². The van der Waals surface area contributed by atoms with Gasteiger partial charge in [0.1, 0.15) is 17.2 Å². The number of pyridine rings is 1. The van der Waals surface area contributed by atoms with E-state index in [9.17, 15) is 9.18 Å². The highest BCUT2D eigenvalue weighted by atomic mass is 19.1. The SMILES string of the molecule is O=C(O)c1ccc(F)c(-c2ccc3[nH]ncc3c2)n1. The lowest BCUT2D eigenvalue weighted by Gasteiger charge is -2.04. The molecule has 1 aromatic carbocycles. The second-order valence-corrected chi connectivity index (χ2v) is 4.00. The molecule has 0 saturated heterocycles. The maximum Gasteiger partial charge on any atom is 0.354 e. The molecule has 0 fully saturated rings. The lowest BCUT2D eigenvalue weighted by Crippen LogP contribution is -2.02. The van der Waals surface area contributed by atoms with Crippen molar-refractivity contribution in [2.75, 3.05) is 0 Å². The Bertz CT molecular complexity index is 782. The fourth-order valence-corrected chi connectivity index (χ4v) is 1.85. The van der Waals surface area contributed by atoms with Gasteiger partial charge >= 0.3 is 5.97 Å². The molecule has 0 aliphatic heterocycles. The molecule has 0 atom stereocenters. The largest absolute Gasteiger partial charge is 0.477 e. The van der Waals surface area contributed by atoms with Crippen LogP contribution in [0.4, 0.5) is 4.39 Å². The van der Waals surface area contributed by atoms with Gasteiger partial charge in [-0.3, -0.25) is 5.10 Å². The molecule has 0 aliphatic rings. The maximum absolute atomic E-state index is 13.8. The molecule has 0 spiro atoms. The predicted molar refractivity (Wildman–Crippen MR) is 66.2 cm³/mol. The summed E-state index contributed by atoms with van der Waals surface area (Å²) < 4.78 is 13.8. The van der Waals surface area contributed by atoms with E-state index in [4.69, 9.17) is 5.11 Å². The first-order valence-electron chi connectivity index (χ1n) is 5.48. The number of nitrogens with one attached hydrogen (secondary N) is 1. The molecule has 6 heteroatoms. The molecule has 0 amide bonds. The molecule has 3 rings (SSSR count). The highest BCUT2D eigenvalue weighted by Gasteiger charge is 2.12. The predicted octanol–water partition coefficient (Wildman–Crippen LogP) is 2.46. The van der Waals surface area contributed by atoms with Crippen molar-refractivity contribution in [3.05, 3.63) is 48.0 Å². The third-order valence-corrected chi connectivity index (χ3v) is 2.78. The summed E-state index contributed by atoms with van der Waals surface area (Å²) in [5.41, 5.74) is 1.15. The summed E-state index contributed by atoms with van der Waals surface area (Å²) in [4.78, 5) is 14.7. The average Bonchev–Trinajstić information content (AvgIpc) is 2.86. The molecule has 94 valence electrons. The van der Waals surface area contributed by atoms with E-state index in [1.54, 1.807) is 24.4 Å². The van der Waals surface area contributed by atoms with Crippen LogP contribution in [-0.2, 0) is 0 Å². The number of aromatic carboxylic acids is 1. The summed E-state index contributed by atoms with van der Waals surface area (Å²) >= 11 is 0. The zero-order valence-corrected chi connectivity index (χ0v) is 9.59. The number of aromatic nitrogens is 3. The first-order valence-corrected chi connectivity index (χ1v) is 5.48. The first-order chi connectivity index (χ1) is 9.15. The Kier molecular flexibility index (Phi) is 2.49. The first kappa shape index (κ1) is 11.3. The number of nitrogens with zero attached hydrogens (tertiary/aromatic N) is 2. The number of rotatable bonds is 2. The van der Waals surface area contributed by atoms with Crippen molar-refractivity contribution < 1.29 is 14.3 Å². The monoisotopic (exact) mass is 257 g/mol. The van der Waals surface area contributed by atoms with E-state index in [2.05, 4.69) is 15.2 Å². The number of carbonyl (C=O) groups is 1. The van der Waals surface area contributed by atoms with Crippen LogP contribution in [0.5, 0.6) is 0 Å². The molecule has 3 aromatic rings. The zero-order valence-electron chi connectivity index (χ0n) is 9.59. The van der Waals surface area contributed by atoms with Crippen LogP contribution in [0.2, 0.25) is 0 Å². The van der Waals surface area contributed by atoms with E-state index in [1.807, 2.05) is 0 Å². The summed E-state index contributed by atoms with van der Waals surface area (Å²) in [5.74, 6) is -1.75. The van der Waals surface area contributed by atoms with E-state index in [0.717, 1.165) is 23.0 Å². The van der Waals surface area contributed by atoms with Crippen LogP contribution in [0.1, 0.15) is 10.5 Å². The minimum absolute atomic E-state index is 0.0167. The fraction of sp³-hybridized carbons (Fsp3) is 0. The number of aromatic amines is 1. The summed E-state index contributed by atoms with van der Waals surface area (Å²) in [5, 5.41) is 16.3. The highest BCUT2D eigenvalue weighted by molar-refractivity contribution is 5.87. The highest BCUT2D eigenvalue weighted by Crippen LogP contribution is 2.24. The van der Waals surface area contributed by atoms with Gasteiger partial charge in [0.15, 0.2) is 0 Å². The number of halogens is 1. The van der Waals surface area contributed by atoms with E-state index in [0.29, 0.717) is 5.56 Å². The molecule has 5 nitrogen and oxygen atoms in total. The maximum atomic E-state index is 13.8. The van der Waals surface area contributed by atoms with Crippen molar-refractivity contribution in [3.63, 3.8) is 0 Å². The van der Waals surface area contributed by atoms with Crippen molar-refractivity contribution in [1.29, 1.82) is 0 Å².